The van der Waals surface area contributed by atoms with Gasteiger partial charge in [0.25, 0.3) is 0 Å². The first kappa shape index (κ1) is 20.5. The quantitative estimate of drug-likeness (QED) is 0.380. The summed E-state index contributed by atoms with van der Waals surface area (Å²) in [5, 5.41) is 0. The van der Waals surface area contributed by atoms with Crippen molar-refractivity contribution in [2.75, 3.05) is 6.61 Å². The number of rotatable bonds is 13. The molecule has 142 valence electrons. The van der Waals surface area contributed by atoms with Gasteiger partial charge in [-0.25, -0.2) is 0 Å². The molecule has 0 N–H and O–H groups in total. The largest absolute Gasteiger partial charge is 0.494 e. The molecule has 0 bridgehead atoms. The molecule has 0 aliphatic heterocycles. The van der Waals surface area contributed by atoms with E-state index in [4.69, 9.17) is 4.74 Å². The van der Waals surface area contributed by atoms with E-state index in [9.17, 15) is 0 Å². The first-order valence-corrected chi connectivity index (χ1v) is 10.5. The second kappa shape index (κ2) is 12.5. The second-order valence-electron chi connectivity index (χ2n) is 7.11. The third kappa shape index (κ3) is 8.03. The van der Waals surface area contributed by atoms with Crippen molar-refractivity contribution in [3.05, 3.63) is 59.4 Å². The Kier molecular flexibility index (Phi) is 9.86. The van der Waals surface area contributed by atoms with E-state index in [0.29, 0.717) is 6.61 Å². The lowest BCUT2D eigenvalue weighted by Gasteiger charge is -2.06. The Balaban J connectivity index is 1.65. The van der Waals surface area contributed by atoms with Crippen molar-refractivity contribution < 1.29 is 4.74 Å². The molecule has 26 heavy (non-hydrogen) atoms. The molecular weight excluding hydrogens is 318 g/mol. The van der Waals surface area contributed by atoms with Gasteiger partial charge in [0.1, 0.15) is 5.75 Å². The van der Waals surface area contributed by atoms with Crippen LogP contribution in [0.15, 0.2) is 42.6 Å². The SMILES string of the molecule is CCCCCCCCCc1ccc(CCc2ccc(OCC)cc2)nc1. The monoisotopic (exact) mass is 353 g/mol. The minimum absolute atomic E-state index is 0.717. The Hall–Kier alpha value is -1.83. The summed E-state index contributed by atoms with van der Waals surface area (Å²) in [5.41, 5.74) is 3.90. The molecule has 0 unspecified atom stereocenters. The highest BCUT2D eigenvalue weighted by atomic mass is 16.5. The molecule has 0 saturated carbocycles. The third-order valence-electron chi connectivity index (χ3n) is 4.86. The van der Waals surface area contributed by atoms with Crippen LogP contribution >= 0.6 is 0 Å². The van der Waals surface area contributed by atoms with Crippen LogP contribution in [0.25, 0.3) is 0 Å². The number of hydrogen-bond donors (Lipinski definition) is 0. The van der Waals surface area contributed by atoms with Gasteiger partial charge in [0.2, 0.25) is 0 Å². The van der Waals surface area contributed by atoms with Crippen molar-refractivity contribution in [3.63, 3.8) is 0 Å². The van der Waals surface area contributed by atoms with Gasteiger partial charge in [0.15, 0.2) is 0 Å². The highest BCUT2D eigenvalue weighted by molar-refractivity contribution is 5.28. The van der Waals surface area contributed by atoms with Crippen molar-refractivity contribution in [3.8, 4) is 5.75 Å². The molecule has 0 saturated heterocycles. The molecule has 2 nitrogen and oxygen atoms in total. The summed E-state index contributed by atoms with van der Waals surface area (Å²) in [7, 11) is 0. The Morgan fingerprint density at radius 3 is 2.04 bits per heavy atom. The lowest BCUT2D eigenvalue weighted by atomic mass is 10.0. The van der Waals surface area contributed by atoms with E-state index < -0.39 is 0 Å². The van der Waals surface area contributed by atoms with Gasteiger partial charge in [0.05, 0.1) is 6.61 Å². The normalized spacial score (nSPS) is 10.8. The van der Waals surface area contributed by atoms with Crippen LogP contribution < -0.4 is 4.74 Å². The van der Waals surface area contributed by atoms with E-state index in [1.54, 1.807) is 0 Å². The van der Waals surface area contributed by atoms with Crippen LogP contribution in [-0.2, 0) is 19.3 Å². The van der Waals surface area contributed by atoms with Crippen LogP contribution in [0, 0.1) is 0 Å². The molecule has 0 aliphatic carbocycles. The molecule has 0 aliphatic rings. The van der Waals surface area contributed by atoms with E-state index in [1.807, 2.05) is 6.92 Å². The number of nitrogens with zero attached hydrogens (tertiary/aromatic N) is 1. The van der Waals surface area contributed by atoms with E-state index in [-0.39, 0.29) is 0 Å². The zero-order valence-electron chi connectivity index (χ0n) is 16.7. The summed E-state index contributed by atoms with van der Waals surface area (Å²) in [6, 6.07) is 12.9. The topological polar surface area (TPSA) is 22.1 Å². The number of pyridine rings is 1. The predicted molar refractivity (Wildman–Crippen MR) is 111 cm³/mol. The second-order valence-corrected chi connectivity index (χ2v) is 7.11. The van der Waals surface area contributed by atoms with Gasteiger partial charge in [-0.3, -0.25) is 4.98 Å². The minimum atomic E-state index is 0.717. The van der Waals surface area contributed by atoms with Crippen LogP contribution in [0.1, 0.15) is 75.6 Å². The van der Waals surface area contributed by atoms with Crippen LogP contribution in [-0.4, -0.2) is 11.6 Å². The summed E-state index contributed by atoms with van der Waals surface area (Å²) in [6.07, 6.45) is 14.8. The number of aromatic nitrogens is 1. The highest BCUT2D eigenvalue weighted by Gasteiger charge is 2.00. The van der Waals surface area contributed by atoms with Gasteiger partial charge in [0, 0.05) is 11.9 Å². The fourth-order valence-corrected chi connectivity index (χ4v) is 3.23. The van der Waals surface area contributed by atoms with Gasteiger partial charge in [-0.2, -0.15) is 0 Å². The average molecular weight is 354 g/mol. The van der Waals surface area contributed by atoms with Crippen LogP contribution in [0.3, 0.4) is 0 Å². The molecule has 1 heterocycles. The van der Waals surface area contributed by atoms with Crippen molar-refractivity contribution in [2.45, 2.75) is 78.1 Å². The average Bonchev–Trinajstić information content (AvgIpc) is 2.68. The molecule has 2 rings (SSSR count). The summed E-state index contributed by atoms with van der Waals surface area (Å²) >= 11 is 0. The predicted octanol–water partition coefficient (Wildman–Crippen LogP) is 6.56. The maximum Gasteiger partial charge on any atom is 0.119 e. The van der Waals surface area contributed by atoms with Crippen LogP contribution in [0.5, 0.6) is 5.75 Å². The Labute approximate surface area is 160 Å². The van der Waals surface area contributed by atoms with Gasteiger partial charge in [-0.15, -0.1) is 0 Å². The lowest BCUT2D eigenvalue weighted by Crippen LogP contribution is -1.96. The molecule has 0 amide bonds. The van der Waals surface area contributed by atoms with Gasteiger partial charge >= 0.3 is 0 Å². The van der Waals surface area contributed by atoms with Crippen molar-refractivity contribution in [2.24, 2.45) is 0 Å². The first-order valence-electron chi connectivity index (χ1n) is 10.5. The van der Waals surface area contributed by atoms with E-state index in [0.717, 1.165) is 18.6 Å². The maximum atomic E-state index is 5.49. The van der Waals surface area contributed by atoms with Crippen molar-refractivity contribution >= 4 is 0 Å². The van der Waals surface area contributed by atoms with Crippen molar-refractivity contribution in [1.82, 2.24) is 4.98 Å². The van der Waals surface area contributed by atoms with E-state index in [2.05, 4.69) is 54.5 Å². The number of hydrogen-bond acceptors (Lipinski definition) is 2. The number of ether oxygens (including phenoxy) is 1. The number of benzene rings is 1. The standard InChI is InChI=1S/C24H35NO/c1-3-5-6-7-8-9-10-11-22-13-17-23(25-20-22)16-12-21-14-18-24(19-15-21)26-4-2/h13-15,17-20H,3-12,16H2,1-2H3. The van der Waals surface area contributed by atoms with E-state index >= 15 is 0 Å². The highest BCUT2D eigenvalue weighted by Crippen LogP contribution is 2.14. The van der Waals surface area contributed by atoms with Gasteiger partial charge in [-0.1, -0.05) is 63.6 Å². The van der Waals surface area contributed by atoms with Crippen LogP contribution in [0.4, 0.5) is 0 Å². The fourth-order valence-electron chi connectivity index (χ4n) is 3.23. The third-order valence-corrected chi connectivity index (χ3v) is 4.86. The van der Waals surface area contributed by atoms with Gasteiger partial charge < -0.3 is 4.74 Å². The summed E-state index contributed by atoms with van der Waals surface area (Å²) in [6.45, 7) is 5.00. The molecule has 1 aromatic heterocycles. The van der Waals surface area contributed by atoms with Gasteiger partial charge in [-0.05, 0) is 61.9 Å². The van der Waals surface area contributed by atoms with Crippen molar-refractivity contribution in [1.29, 1.82) is 0 Å². The smallest absolute Gasteiger partial charge is 0.119 e. The number of aryl methyl sites for hydroxylation is 3. The Morgan fingerprint density at radius 1 is 0.692 bits per heavy atom. The summed E-state index contributed by atoms with van der Waals surface area (Å²) in [5.74, 6) is 0.948. The minimum Gasteiger partial charge on any atom is -0.494 e. The zero-order chi connectivity index (χ0) is 18.5. The number of unbranched alkanes of at least 4 members (excludes halogenated alkanes) is 6. The molecule has 0 spiro atoms. The van der Waals surface area contributed by atoms with Crippen LogP contribution in [0.2, 0.25) is 0 Å². The molecule has 0 atom stereocenters. The molecule has 1 aromatic carbocycles. The summed E-state index contributed by atoms with van der Waals surface area (Å²) in [4.78, 5) is 4.66. The zero-order valence-corrected chi connectivity index (χ0v) is 16.7. The molecule has 2 aromatic rings. The molecule has 2 heteroatoms. The fraction of sp³-hybridized carbons (Fsp3) is 0.542. The first-order chi connectivity index (χ1) is 12.8. The summed E-state index contributed by atoms with van der Waals surface area (Å²) < 4.78 is 5.49. The van der Waals surface area contributed by atoms with E-state index in [1.165, 1.54) is 68.2 Å². The maximum absolute atomic E-state index is 5.49. The Bertz CT molecular complexity index is 589. The molecule has 0 radical (unpaired) electrons. The Morgan fingerprint density at radius 2 is 1.38 bits per heavy atom. The lowest BCUT2D eigenvalue weighted by molar-refractivity contribution is 0.340. The molecular formula is C24H35NO. The molecule has 0 fully saturated rings.